The first kappa shape index (κ1) is 56.8. The summed E-state index contributed by atoms with van der Waals surface area (Å²) in [6.07, 6.45) is 9.34. The number of rotatable bonds is 5. The Kier molecular flexibility index (Phi) is 12.2. The number of thiophene rings is 1. The van der Waals surface area contributed by atoms with Gasteiger partial charge in [0.25, 0.3) is 6.71 Å². The van der Waals surface area contributed by atoms with E-state index in [2.05, 4.69) is 274 Å². The lowest BCUT2D eigenvalue weighted by molar-refractivity contribution is 0.332. The van der Waals surface area contributed by atoms with Crippen LogP contribution in [0.2, 0.25) is 0 Å². The van der Waals surface area contributed by atoms with E-state index in [1.54, 1.807) is 0 Å². The van der Waals surface area contributed by atoms with Crippen molar-refractivity contribution in [3.63, 3.8) is 0 Å². The van der Waals surface area contributed by atoms with Crippen molar-refractivity contribution in [2.24, 2.45) is 0 Å². The predicted octanol–water partition coefficient (Wildman–Crippen LogP) is 21.1. The molecule has 0 unspecified atom stereocenters. The van der Waals surface area contributed by atoms with Gasteiger partial charge in [0.2, 0.25) is 0 Å². The molecule has 0 spiro atoms. The average Bonchev–Trinajstić information content (AvgIpc) is 1.68. The van der Waals surface area contributed by atoms with Crippen molar-refractivity contribution in [2.75, 3.05) is 14.7 Å². The first-order valence-corrected chi connectivity index (χ1v) is 33.4. The largest absolute Gasteiger partial charge is 0.311 e. The number of anilines is 9. The van der Waals surface area contributed by atoms with Crippen LogP contribution in [0.25, 0.3) is 10.1 Å². The highest BCUT2D eigenvalue weighted by Gasteiger charge is 2.50. The maximum Gasteiger partial charge on any atom is 0.264 e. The van der Waals surface area contributed by atoms with Gasteiger partial charge in [-0.2, -0.15) is 0 Å². The van der Waals surface area contributed by atoms with Gasteiger partial charge in [0.05, 0.1) is 11.4 Å². The Hall–Kier alpha value is -6.04. The molecule has 3 heterocycles. The maximum atomic E-state index is 2.78. The second-order valence-electron chi connectivity index (χ2n) is 33.7. The minimum absolute atomic E-state index is 0.00386. The molecule has 0 radical (unpaired) electrons. The van der Waals surface area contributed by atoms with E-state index in [0.717, 1.165) is 37.8 Å². The SMILES string of the molecule is CC(C)(C)c1ccc2sc3c(c2c1)N(c1ccc2c(c1)C(C)(C)CCC2(C)C)c1cc(N(c2ccccc2)c2ccc4c(c2)C(C)(C)CCC4(C)C)cc2c1B3c1cc3c(cc1N2c1ccc2c(c1)C(C)(C)CCC2(C)C)C(C)(C)CCC3(C)C. The topological polar surface area (TPSA) is 9.72 Å². The summed E-state index contributed by atoms with van der Waals surface area (Å²) in [6.45, 7) is 47.0. The van der Waals surface area contributed by atoms with Crippen LogP contribution < -0.4 is 30.4 Å². The smallest absolute Gasteiger partial charge is 0.264 e. The zero-order valence-electron chi connectivity index (χ0n) is 55.1. The Labute approximate surface area is 515 Å². The molecule has 0 atom stereocenters. The number of fused-ring (bicyclic) bond motifs is 10. The molecule has 0 saturated carbocycles. The second-order valence-corrected chi connectivity index (χ2v) is 34.7. The summed E-state index contributed by atoms with van der Waals surface area (Å²) >= 11 is 2.05. The molecular weight excluding hydrogens is 1050 g/mol. The fourth-order valence-electron chi connectivity index (χ4n) is 16.8. The van der Waals surface area contributed by atoms with Gasteiger partial charge >= 0.3 is 0 Å². The van der Waals surface area contributed by atoms with Crippen LogP contribution in [-0.4, -0.2) is 6.71 Å². The molecule has 0 amide bonds. The maximum absolute atomic E-state index is 2.78. The molecule has 85 heavy (non-hydrogen) atoms. The van der Waals surface area contributed by atoms with Crippen LogP contribution in [0.4, 0.5) is 51.2 Å². The lowest BCUT2D eigenvalue weighted by Crippen LogP contribution is -2.61. The van der Waals surface area contributed by atoms with Crippen LogP contribution in [0, 0.1) is 0 Å². The number of hydrogen-bond donors (Lipinski definition) is 0. The van der Waals surface area contributed by atoms with Crippen LogP contribution in [-0.2, 0) is 48.7 Å². The summed E-state index contributed by atoms with van der Waals surface area (Å²) in [5.74, 6) is 0. The predicted molar refractivity (Wildman–Crippen MR) is 370 cm³/mol. The number of benzene rings is 7. The minimum Gasteiger partial charge on any atom is -0.311 e. The van der Waals surface area contributed by atoms with E-state index in [1.165, 1.54) is 141 Å². The molecule has 1 aromatic heterocycles. The monoisotopic (exact) mass is 1140 g/mol. The van der Waals surface area contributed by atoms with Gasteiger partial charge in [0, 0.05) is 54.7 Å². The molecule has 7 aromatic carbocycles. The van der Waals surface area contributed by atoms with E-state index >= 15 is 0 Å². The van der Waals surface area contributed by atoms with Gasteiger partial charge in [-0.1, -0.05) is 180 Å². The molecule has 14 rings (SSSR count). The zero-order chi connectivity index (χ0) is 60.3. The van der Waals surface area contributed by atoms with Crippen LogP contribution in [0.15, 0.2) is 127 Å². The highest BCUT2D eigenvalue weighted by molar-refractivity contribution is 7.33. The van der Waals surface area contributed by atoms with Crippen LogP contribution >= 0.6 is 11.3 Å². The van der Waals surface area contributed by atoms with Crippen LogP contribution in [0.5, 0.6) is 0 Å². The first-order chi connectivity index (χ1) is 39.7. The Balaban J connectivity index is 1.16. The molecule has 0 bridgehead atoms. The normalized spacial score (nSPS) is 21.0. The van der Waals surface area contributed by atoms with E-state index < -0.39 is 0 Å². The highest BCUT2D eigenvalue weighted by atomic mass is 32.1. The van der Waals surface area contributed by atoms with Crippen molar-refractivity contribution >= 4 is 95.0 Å². The molecule has 0 saturated heterocycles. The first-order valence-electron chi connectivity index (χ1n) is 32.5. The Morgan fingerprint density at radius 2 is 0.824 bits per heavy atom. The molecule has 6 aliphatic rings. The third-order valence-corrected chi connectivity index (χ3v) is 24.3. The standard InChI is InChI=1S/C80H94BN3S/c1-72(2,3)49-25-32-68-55(41-49)70-71(85-68)81-64-47-62-63(80(18,19)40-39-79(62,16)17)48-65(64)83(52-27-30-57-60(43-52)77(12,13)37-34-74(57,6)7)66-45-54(46-67(69(66)81)84(70)53-28-31-58-61(44-53)78(14,15)38-35-75(58,8)9)82(50-23-21-20-22-24-50)51-26-29-56-59(42-51)76(10,11)36-33-73(56,4)5/h20-32,41-48H,33-40H2,1-19H3. The average molecular weight is 1140 g/mol. The summed E-state index contributed by atoms with van der Waals surface area (Å²) < 4.78 is 2.80. The molecule has 0 fully saturated rings. The van der Waals surface area contributed by atoms with Crippen molar-refractivity contribution in [3.05, 3.63) is 177 Å². The van der Waals surface area contributed by atoms with Gasteiger partial charge in [0.1, 0.15) is 0 Å². The molecule has 2 aliphatic heterocycles. The summed E-state index contributed by atoms with van der Waals surface area (Å²) in [6, 6.07) is 52.4. The Morgan fingerprint density at radius 3 is 1.33 bits per heavy atom. The third kappa shape index (κ3) is 8.66. The lowest BCUT2D eigenvalue weighted by atomic mass is 9.35. The third-order valence-electron chi connectivity index (χ3n) is 23.0. The Bertz CT molecular complexity index is 4090. The molecular formula is C80H94BN3S. The van der Waals surface area contributed by atoms with E-state index in [0.29, 0.717) is 0 Å². The number of hydrogen-bond acceptors (Lipinski definition) is 4. The van der Waals surface area contributed by atoms with Gasteiger partial charge in [-0.3, -0.25) is 0 Å². The molecule has 0 N–H and O–H groups in total. The summed E-state index contributed by atoms with van der Waals surface area (Å²) in [4.78, 5) is 8.18. The summed E-state index contributed by atoms with van der Waals surface area (Å²) in [7, 11) is 0. The quantitative estimate of drug-likeness (QED) is 0.159. The van der Waals surface area contributed by atoms with Crippen LogP contribution in [0.3, 0.4) is 0 Å². The van der Waals surface area contributed by atoms with E-state index in [9.17, 15) is 0 Å². The van der Waals surface area contributed by atoms with E-state index in [4.69, 9.17) is 0 Å². The second kappa shape index (κ2) is 18.3. The van der Waals surface area contributed by atoms with Crippen molar-refractivity contribution in [1.82, 2.24) is 0 Å². The van der Waals surface area contributed by atoms with Gasteiger partial charge in [-0.05, 0) is 240 Å². The summed E-state index contributed by atoms with van der Waals surface area (Å²) in [5, 5.41) is 1.35. The van der Waals surface area contributed by atoms with E-state index in [-0.39, 0.29) is 55.4 Å². The highest BCUT2D eigenvalue weighted by Crippen LogP contribution is 2.57. The molecule has 4 aliphatic carbocycles. The van der Waals surface area contributed by atoms with Crippen molar-refractivity contribution in [2.45, 2.75) is 232 Å². The molecule has 438 valence electrons. The number of nitrogens with zero attached hydrogens (tertiary/aromatic N) is 3. The van der Waals surface area contributed by atoms with Crippen molar-refractivity contribution < 1.29 is 0 Å². The zero-order valence-corrected chi connectivity index (χ0v) is 55.9. The summed E-state index contributed by atoms with van der Waals surface area (Å²) in [5.41, 5.74) is 27.7. The molecule has 3 nitrogen and oxygen atoms in total. The Morgan fingerprint density at radius 1 is 0.388 bits per heavy atom. The van der Waals surface area contributed by atoms with Gasteiger partial charge in [-0.15, -0.1) is 11.3 Å². The fraction of sp³-hybridized carbons (Fsp3) is 0.450. The molecule has 8 aromatic rings. The van der Waals surface area contributed by atoms with Gasteiger partial charge < -0.3 is 14.7 Å². The van der Waals surface area contributed by atoms with E-state index in [1.807, 2.05) is 11.3 Å². The van der Waals surface area contributed by atoms with Crippen molar-refractivity contribution in [3.8, 4) is 0 Å². The fourth-order valence-corrected chi connectivity index (χ4v) is 18.1. The van der Waals surface area contributed by atoms with Gasteiger partial charge in [0.15, 0.2) is 0 Å². The molecule has 5 heteroatoms. The van der Waals surface area contributed by atoms with Crippen LogP contribution in [0.1, 0.15) is 233 Å². The number of para-hydroxylation sites is 1. The van der Waals surface area contributed by atoms with Crippen molar-refractivity contribution in [1.29, 1.82) is 0 Å². The van der Waals surface area contributed by atoms with Gasteiger partial charge in [-0.25, -0.2) is 0 Å². The lowest BCUT2D eigenvalue weighted by Gasteiger charge is -2.48. The minimum atomic E-state index is -0.0366.